The van der Waals surface area contributed by atoms with Crippen molar-refractivity contribution in [2.45, 2.75) is 17.9 Å². The number of fused-ring (bicyclic) bond motifs is 1. The highest BCUT2D eigenvalue weighted by molar-refractivity contribution is 9.10. The third-order valence-corrected chi connectivity index (χ3v) is 8.35. The molecule has 0 bridgehead atoms. The third kappa shape index (κ3) is 5.10. The average molecular weight is 599 g/mol. The molecule has 4 rings (SSSR count). The highest BCUT2D eigenvalue weighted by Crippen LogP contribution is 2.31. The Hall–Kier alpha value is -1.71. The van der Waals surface area contributed by atoms with Gasteiger partial charge in [-0.15, -0.1) is 0 Å². The molecular weight excluding hydrogens is 580 g/mol. The summed E-state index contributed by atoms with van der Waals surface area (Å²) in [4.78, 5) is 15.1. The van der Waals surface area contributed by atoms with E-state index in [1.807, 2.05) is 18.2 Å². The lowest BCUT2D eigenvalue weighted by molar-refractivity contribution is -0.118. The van der Waals surface area contributed by atoms with Crippen molar-refractivity contribution in [2.24, 2.45) is 0 Å². The molecule has 0 aliphatic carbocycles. The van der Waals surface area contributed by atoms with Gasteiger partial charge in [0.1, 0.15) is 0 Å². The molecule has 3 aromatic carbocycles. The second kappa shape index (κ2) is 9.65. The van der Waals surface area contributed by atoms with Gasteiger partial charge in [0.05, 0.1) is 11.4 Å². The first-order valence-corrected chi connectivity index (χ1v) is 13.2. The van der Waals surface area contributed by atoms with Gasteiger partial charge in [-0.3, -0.25) is 4.79 Å². The minimum absolute atomic E-state index is 0.0579. The maximum atomic E-state index is 13.5. The van der Waals surface area contributed by atoms with Crippen molar-refractivity contribution in [2.75, 3.05) is 18.0 Å². The molecule has 1 heterocycles. The Morgan fingerprint density at radius 1 is 0.969 bits per heavy atom. The zero-order valence-electron chi connectivity index (χ0n) is 16.8. The van der Waals surface area contributed by atoms with Gasteiger partial charge in [-0.05, 0) is 72.1 Å². The van der Waals surface area contributed by atoms with E-state index in [-0.39, 0.29) is 23.9 Å². The highest BCUT2D eigenvalue weighted by atomic mass is 79.9. The molecule has 1 aliphatic heterocycles. The third-order valence-electron chi connectivity index (χ3n) is 5.27. The summed E-state index contributed by atoms with van der Waals surface area (Å²) < 4.78 is 29.9. The molecule has 3 aromatic rings. The van der Waals surface area contributed by atoms with Crippen LogP contribution in [0.2, 0.25) is 5.02 Å². The van der Waals surface area contributed by atoms with Crippen LogP contribution in [-0.2, 0) is 27.8 Å². The number of sulfonamides is 1. The molecule has 0 saturated carbocycles. The maximum absolute atomic E-state index is 13.5. The quantitative estimate of drug-likeness (QED) is 0.369. The number of carbonyl (C=O) groups excluding carboxylic acids is 1. The fraction of sp³-hybridized carbons (Fsp3) is 0.174. The van der Waals surface area contributed by atoms with Crippen LogP contribution in [0.15, 0.2) is 80.6 Å². The van der Waals surface area contributed by atoms with E-state index in [2.05, 4.69) is 31.9 Å². The van der Waals surface area contributed by atoms with Gasteiger partial charge < -0.3 is 4.90 Å². The van der Waals surface area contributed by atoms with Gasteiger partial charge in [-0.25, -0.2) is 8.42 Å². The molecule has 0 aromatic heterocycles. The molecule has 0 fully saturated rings. The molecule has 32 heavy (non-hydrogen) atoms. The van der Waals surface area contributed by atoms with Gasteiger partial charge in [-0.2, -0.15) is 4.31 Å². The average Bonchev–Trinajstić information content (AvgIpc) is 3.18. The molecular formula is C23H19Br2ClN2O3S. The Bertz CT molecular complexity index is 1250. The van der Waals surface area contributed by atoms with Crippen molar-refractivity contribution in [1.82, 2.24) is 4.31 Å². The van der Waals surface area contributed by atoms with Crippen LogP contribution in [0.4, 0.5) is 5.69 Å². The molecule has 0 spiro atoms. The maximum Gasteiger partial charge on any atom is 0.243 e. The van der Waals surface area contributed by atoms with Crippen LogP contribution in [-0.4, -0.2) is 31.7 Å². The van der Waals surface area contributed by atoms with Crippen LogP contribution in [0, 0.1) is 0 Å². The Morgan fingerprint density at radius 3 is 2.31 bits per heavy atom. The van der Waals surface area contributed by atoms with Gasteiger partial charge in [0, 0.05) is 32.7 Å². The van der Waals surface area contributed by atoms with E-state index in [1.165, 1.54) is 16.4 Å². The topological polar surface area (TPSA) is 57.7 Å². The van der Waals surface area contributed by atoms with Crippen molar-refractivity contribution < 1.29 is 13.2 Å². The van der Waals surface area contributed by atoms with E-state index < -0.39 is 10.0 Å². The summed E-state index contributed by atoms with van der Waals surface area (Å²) in [6.45, 7) is 0.316. The van der Waals surface area contributed by atoms with Crippen molar-refractivity contribution in [3.8, 4) is 0 Å². The Kier molecular flexibility index (Phi) is 7.07. The number of carbonyl (C=O) groups is 1. The van der Waals surface area contributed by atoms with Crippen molar-refractivity contribution in [1.29, 1.82) is 0 Å². The molecule has 166 valence electrons. The van der Waals surface area contributed by atoms with Crippen LogP contribution in [0.1, 0.15) is 11.1 Å². The van der Waals surface area contributed by atoms with E-state index in [0.29, 0.717) is 11.6 Å². The SMILES string of the molecule is O=C(CN(Cc1ccc(Cl)cc1)S(=O)(=O)c1ccc(Br)cc1)N1CCc2cc(Br)ccc21. The lowest BCUT2D eigenvalue weighted by atomic mass is 10.2. The summed E-state index contributed by atoms with van der Waals surface area (Å²) in [5.74, 6) is -0.263. The second-order valence-electron chi connectivity index (χ2n) is 7.42. The Balaban J connectivity index is 1.64. The first kappa shape index (κ1) is 23.4. The number of amides is 1. The predicted molar refractivity (Wildman–Crippen MR) is 133 cm³/mol. The number of benzene rings is 3. The first-order valence-electron chi connectivity index (χ1n) is 9.83. The summed E-state index contributed by atoms with van der Waals surface area (Å²) in [6.07, 6.45) is 0.733. The molecule has 1 aliphatic rings. The molecule has 0 unspecified atom stereocenters. The van der Waals surface area contributed by atoms with E-state index in [1.54, 1.807) is 41.3 Å². The number of halogens is 3. The van der Waals surface area contributed by atoms with E-state index >= 15 is 0 Å². The van der Waals surface area contributed by atoms with Crippen molar-refractivity contribution in [3.05, 3.63) is 91.8 Å². The summed E-state index contributed by atoms with van der Waals surface area (Å²) in [5.41, 5.74) is 2.63. The highest BCUT2D eigenvalue weighted by Gasteiger charge is 2.31. The normalized spacial score (nSPS) is 13.4. The Morgan fingerprint density at radius 2 is 1.62 bits per heavy atom. The number of nitrogens with zero attached hydrogens (tertiary/aromatic N) is 2. The van der Waals surface area contributed by atoms with Crippen LogP contribution in [0.25, 0.3) is 0 Å². The predicted octanol–water partition coefficient (Wildman–Crippen LogP) is 5.65. The van der Waals surface area contributed by atoms with Crippen LogP contribution in [0.3, 0.4) is 0 Å². The monoisotopic (exact) mass is 596 g/mol. The summed E-state index contributed by atoms with van der Waals surface area (Å²) in [7, 11) is -3.91. The molecule has 0 radical (unpaired) electrons. The lowest BCUT2D eigenvalue weighted by Crippen LogP contribution is -2.42. The summed E-state index contributed by atoms with van der Waals surface area (Å²) in [5, 5.41) is 0.562. The smallest absolute Gasteiger partial charge is 0.243 e. The lowest BCUT2D eigenvalue weighted by Gasteiger charge is -2.25. The molecule has 0 N–H and O–H groups in total. The summed E-state index contributed by atoms with van der Waals surface area (Å²) >= 11 is 12.8. The number of hydrogen-bond acceptors (Lipinski definition) is 3. The largest absolute Gasteiger partial charge is 0.311 e. The van der Waals surface area contributed by atoms with E-state index in [4.69, 9.17) is 11.6 Å². The molecule has 0 saturated heterocycles. The fourth-order valence-corrected chi connectivity index (χ4v) is 5.82. The minimum atomic E-state index is -3.91. The number of rotatable bonds is 6. The Labute approximate surface area is 209 Å². The zero-order valence-corrected chi connectivity index (χ0v) is 21.6. The van der Waals surface area contributed by atoms with Gasteiger partial charge in [0.2, 0.25) is 15.9 Å². The standard InChI is InChI=1S/C23H19Br2ClN2O3S/c24-18-3-8-21(9-4-18)32(30,31)27(14-16-1-6-20(26)7-2-16)15-23(29)28-12-11-17-13-19(25)5-10-22(17)28/h1-10,13H,11-12,14-15H2. The van der Waals surface area contributed by atoms with Crippen LogP contribution >= 0.6 is 43.5 Å². The molecule has 1 amide bonds. The van der Waals surface area contributed by atoms with Crippen molar-refractivity contribution >= 4 is 65.1 Å². The molecule has 9 heteroatoms. The van der Waals surface area contributed by atoms with Crippen molar-refractivity contribution in [3.63, 3.8) is 0 Å². The van der Waals surface area contributed by atoms with Gasteiger partial charge in [0.15, 0.2) is 0 Å². The fourth-order valence-electron chi connectivity index (χ4n) is 3.64. The van der Waals surface area contributed by atoms with Crippen LogP contribution in [0.5, 0.6) is 0 Å². The van der Waals surface area contributed by atoms with Crippen LogP contribution < -0.4 is 4.90 Å². The zero-order chi connectivity index (χ0) is 22.9. The van der Waals surface area contributed by atoms with Gasteiger partial charge >= 0.3 is 0 Å². The second-order valence-corrected chi connectivity index (χ2v) is 11.6. The molecule has 5 nitrogen and oxygen atoms in total. The van der Waals surface area contributed by atoms with E-state index in [0.717, 1.165) is 32.2 Å². The van der Waals surface area contributed by atoms with E-state index in [9.17, 15) is 13.2 Å². The molecule has 0 atom stereocenters. The number of hydrogen-bond donors (Lipinski definition) is 0. The number of anilines is 1. The first-order chi connectivity index (χ1) is 15.2. The van der Waals surface area contributed by atoms with Gasteiger partial charge in [-0.1, -0.05) is 55.6 Å². The van der Waals surface area contributed by atoms with Gasteiger partial charge in [0.25, 0.3) is 0 Å². The minimum Gasteiger partial charge on any atom is -0.311 e. The summed E-state index contributed by atoms with van der Waals surface area (Å²) in [6, 6.07) is 19.1.